The van der Waals surface area contributed by atoms with E-state index in [1.807, 2.05) is 0 Å². The molecular formula is C13H15ClF3NO. The van der Waals surface area contributed by atoms with Crippen LogP contribution >= 0.6 is 11.6 Å². The Morgan fingerprint density at radius 1 is 1.26 bits per heavy atom. The van der Waals surface area contributed by atoms with Gasteiger partial charge >= 0.3 is 6.18 Å². The average molecular weight is 294 g/mol. The molecule has 1 fully saturated rings. The van der Waals surface area contributed by atoms with E-state index in [4.69, 9.17) is 17.3 Å². The van der Waals surface area contributed by atoms with Gasteiger partial charge in [0.25, 0.3) is 0 Å². The number of phenols is 1. The van der Waals surface area contributed by atoms with Gasteiger partial charge in [0.1, 0.15) is 5.75 Å². The van der Waals surface area contributed by atoms with Crippen molar-refractivity contribution in [2.45, 2.75) is 37.3 Å². The Hall–Kier alpha value is -0.940. The molecule has 2 nitrogen and oxygen atoms in total. The van der Waals surface area contributed by atoms with E-state index in [2.05, 4.69) is 0 Å². The van der Waals surface area contributed by atoms with Gasteiger partial charge in [0.2, 0.25) is 0 Å². The molecule has 0 aromatic heterocycles. The van der Waals surface area contributed by atoms with Crippen LogP contribution in [0.4, 0.5) is 13.2 Å². The van der Waals surface area contributed by atoms with Crippen molar-refractivity contribution in [3.63, 3.8) is 0 Å². The maximum absolute atomic E-state index is 12.9. The van der Waals surface area contributed by atoms with E-state index in [1.54, 1.807) is 0 Å². The molecule has 1 aromatic carbocycles. The second-order valence-electron chi connectivity index (χ2n) is 5.04. The molecule has 0 radical (unpaired) electrons. The van der Waals surface area contributed by atoms with Gasteiger partial charge in [0.05, 0.1) is 5.56 Å². The van der Waals surface area contributed by atoms with Gasteiger partial charge < -0.3 is 10.8 Å². The fraction of sp³-hybridized carbons (Fsp3) is 0.538. The van der Waals surface area contributed by atoms with Crippen LogP contribution in [-0.4, -0.2) is 11.7 Å². The molecule has 0 atom stereocenters. The van der Waals surface area contributed by atoms with Crippen LogP contribution in [0.2, 0.25) is 5.02 Å². The van der Waals surface area contributed by atoms with Crippen LogP contribution in [0.25, 0.3) is 0 Å². The summed E-state index contributed by atoms with van der Waals surface area (Å²) in [4.78, 5) is 0. The maximum atomic E-state index is 12.9. The lowest BCUT2D eigenvalue weighted by Crippen LogP contribution is -2.32. The Labute approximate surface area is 114 Å². The molecule has 0 amide bonds. The third kappa shape index (κ3) is 2.54. The summed E-state index contributed by atoms with van der Waals surface area (Å²) in [6.07, 6.45) is -1.49. The van der Waals surface area contributed by atoms with Crippen LogP contribution in [0.1, 0.15) is 36.8 Å². The number of alkyl halides is 3. The Kier molecular flexibility index (Phi) is 3.71. The maximum Gasteiger partial charge on any atom is 0.420 e. The zero-order valence-electron chi connectivity index (χ0n) is 10.2. The number of rotatable bonds is 2. The van der Waals surface area contributed by atoms with Gasteiger partial charge in [-0.3, -0.25) is 0 Å². The predicted octanol–water partition coefficient (Wildman–Crippen LogP) is 3.83. The predicted molar refractivity (Wildman–Crippen MR) is 67.3 cm³/mol. The Bertz CT molecular complexity index is 482. The summed E-state index contributed by atoms with van der Waals surface area (Å²) < 4.78 is 38.6. The number of hydrogen-bond donors (Lipinski definition) is 2. The fourth-order valence-corrected chi connectivity index (χ4v) is 3.07. The third-order valence-corrected chi connectivity index (χ3v) is 4.12. The van der Waals surface area contributed by atoms with Gasteiger partial charge in [0.15, 0.2) is 0 Å². The number of nitrogens with two attached hydrogens (primary N) is 1. The van der Waals surface area contributed by atoms with Crippen LogP contribution in [-0.2, 0) is 11.6 Å². The summed E-state index contributed by atoms with van der Waals surface area (Å²) in [7, 11) is 0. The van der Waals surface area contributed by atoms with Crippen molar-refractivity contribution in [1.29, 1.82) is 0 Å². The molecule has 2 rings (SSSR count). The van der Waals surface area contributed by atoms with Crippen molar-refractivity contribution in [3.05, 3.63) is 28.3 Å². The van der Waals surface area contributed by atoms with Crippen LogP contribution in [0, 0.1) is 0 Å². The summed E-state index contributed by atoms with van der Waals surface area (Å²) in [5.74, 6) is -0.732. The highest BCUT2D eigenvalue weighted by Gasteiger charge is 2.41. The first kappa shape index (κ1) is 14.5. The number of halogens is 4. The lowest BCUT2D eigenvalue weighted by atomic mass is 9.77. The van der Waals surface area contributed by atoms with E-state index < -0.39 is 22.9 Å². The topological polar surface area (TPSA) is 46.2 Å². The molecule has 0 saturated heterocycles. The lowest BCUT2D eigenvalue weighted by molar-refractivity contribution is -0.138. The van der Waals surface area contributed by atoms with E-state index >= 15 is 0 Å². The zero-order chi connectivity index (χ0) is 14.3. The van der Waals surface area contributed by atoms with Crippen molar-refractivity contribution in [3.8, 4) is 5.75 Å². The lowest BCUT2D eigenvalue weighted by Gasteiger charge is -2.30. The monoisotopic (exact) mass is 293 g/mol. The minimum Gasteiger partial charge on any atom is -0.507 e. The Balaban J connectivity index is 2.61. The van der Waals surface area contributed by atoms with Gasteiger partial charge in [-0.2, -0.15) is 13.2 Å². The molecule has 6 heteroatoms. The molecule has 0 bridgehead atoms. The van der Waals surface area contributed by atoms with Gasteiger partial charge in [0, 0.05) is 22.5 Å². The quantitative estimate of drug-likeness (QED) is 0.870. The van der Waals surface area contributed by atoms with Gasteiger partial charge in [-0.1, -0.05) is 24.4 Å². The van der Waals surface area contributed by atoms with Crippen molar-refractivity contribution in [1.82, 2.24) is 0 Å². The molecule has 0 aliphatic heterocycles. The van der Waals surface area contributed by atoms with Crippen LogP contribution < -0.4 is 5.73 Å². The summed E-state index contributed by atoms with van der Waals surface area (Å²) in [6, 6.07) is 2.16. The van der Waals surface area contributed by atoms with Crippen molar-refractivity contribution in [2.24, 2.45) is 5.73 Å². The van der Waals surface area contributed by atoms with Gasteiger partial charge in [-0.15, -0.1) is 0 Å². The highest BCUT2D eigenvalue weighted by molar-refractivity contribution is 6.30. The third-order valence-electron chi connectivity index (χ3n) is 3.90. The molecule has 106 valence electrons. The van der Waals surface area contributed by atoms with Gasteiger partial charge in [-0.25, -0.2) is 0 Å². The molecule has 0 heterocycles. The highest BCUT2D eigenvalue weighted by atomic mass is 35.5. The van der Waals surface area contributed by atoms with Gasteiger partial charge in [-0.05, 0) is 25.0 Å². The first-order chi connectivity index (χ1) is 8.80. The second kappa shape index (κ2) is 4.87. The van der Waals surface area contributed by atoms with Crippen molar-refractivity contribution in [2.75, 3.05) is 6.54 Å². The summed E-state index contributed by atoms with van der Waals surface area (Å²) in [5.41, 5.74) is 4.30. The highest BCUT2D eigenvalue weighted by Crippen LogP contribution is 2.48. The Morgan fingerprint density at radius 2 is 1.84 bits per heavy atom. The summed E-state index contributed by atoms with van der Waals surface area (Å²) >= 11 is 5.77. The molecule has 19 heavy (non-hydrogen) atoms. The van der Waals surface area contributed by atoms with Crippen molar-refractivity contribution < 1.29 is 18.3 Å². The number of phenolic OH excluding ortho intramolecular Hbond substituents is 1. The number of hydrogen-bond acceptors (Lipinski definition) is 2. The molecule has 0 unspecified atom stereocenters. The largest absolute Gasteiger partial charge is 0.507 e. The normalized spacial score (nSPS) is 18.8. The minimum atomic E-state index is -4.63. The molecule has 1 aliphatic rings. The van der Waals surface area contributed by atoms with Crippen LogP contribution in [0.3, 0.4) is 0 Å². The van der Waals surface area contributed by atoms with E-state index in [1.165, 1.54) is 6.07 Å². The van der Waals surface area contributed by atoms with E-state index in [0.29, 0.717) is 12.8 Å². The zero-order valence-corrected chi connectivity index (χ0v) is 11.0. The standard InChI is InChI=1S/C13H15ClF3NO/c14-8-5-9(12(7-18)3-1-2-4-12)11(19)10(6-8)13(15,16)17/h5-6,19H,1-4,7,18H2. The van der Waals surface area contributed by atoms with E-state index in [9.17, 15) is 18.3 Å². The Morgan fingerprint density at radius 3 is 2.32 bits per heavy atom. The summed E-state index contributed by atoms with van der Waals surface area (Å²) in [5, 5.41) is 9.94. The number of benzene rings is 1. The first-order valence-corrected chi connectivity index (χ1v) is 6.48. The second-order valence-corrected chi connectivity index (χ2v) is 5.48. The smallest absolute Gasteiger partial charge is 0.420 e. The molecule has 1 aliphatic carbocycles. The summed E-state index contributed by atoms with van der Waals surface area (Å²) in [6.45, 7) is 0.207. The minimum absolute atomic E-state index is 0.0279. The van der Waals surface area contributed by atoms with E-state index in [0.717, 1.165) is 18.9 Å². The van der Waals surface area contributed by atoms with Crippen LogP contribution in [0.15, 0.2) is 12.1 Å². The number of aromatic hydroxyl groups is 1. The molecule has 1 saturated carbocycles. The molecule has 0 spiro atoms. The fourth-order valence-electron chi connectivity index (χ4n) is 2.85. The molecular weight excluding hydrogens is 279 g/mol. The first-order valence-electron chi connectivity index (χ1n) is 6.10. The average Bonchev–Trinajstić information content (AvgIpc) is 2.80. The molecule has 1 aromatic rings. The molecule has 3 N–H and O–H groups in total. The van der Waals surface area contributed by atoms with Crippen molar-refractivity contribution >= 4 is 11.6 Å². The van der Waals surface area contributed by atoms with E-state index in [-0.39, 0.29) is 17.1 Å². The SMILES string of the molecule is NCC1(c2cc(Cl)cc(C(F)(F)F)c2O)CCCC1. The van der Waals surface area contributed by atoms with Crippen LogP contribution in [0.5, 0.6) is 5.75 Å².